The number of hydrogen-bond donors (Lipinski definition) is 1. The third-order valence-corrected chi connectivity index (χ3v) is 3.39. The largest absolute Gasteiger partial charge is 0.381 e. The molecule has 0 amide bonds. The van der Waals surface area contributed by atoms with Crippen molar-refractivity contribution >= 4 is 17.3 Å². The van der Waals surface area contributed by atoms with Gasteiger partial charge < -0.3 is 5.32 Å². The fourth-order valence-corrected chi connectivity index (χ4v) is 2.06. The van der Waals surface area contributed by atoms with Crippen molar-refractivity contribution in [2.75, 3.05) is 5.32 Å². The average Bonchev–Trinajstić information content (AvgIpc) is 3.19. The number of nitrogens with one attached hydrogen (secondary N) is 1. The number of benzene rings is 1. The van der Waals surface area contributed by atoms with Crippen molar-refractivity contribution in [2.24, 2.45) is 0 Å². The molecule has 20 heavy (non-hydrogen) atoms. The fraction of sp³-hybridized carbons (Fsp3) is 0.286. The Labute approximate surface area is 120 Å². The monoisotopic (exact) mass is 293 g/mol. The molecule has 0 bridgehead atoms. The standard InChI is InChI=1S/C14H13ClFN3O/c15-10-2-1-9(13(16)5-10)8-19-14(20)6-12(7-17-19)18-11-3-4-11/h1-2,5-7,11,18H,3-4,8H2. The van der Waals surface area contributed by atoms with E-state index in [-0.39, 0.29) is 12.1 Å². The van der Waals surface area contributed by atoms with E-state index in [1.54, 1.807) is 18.3 Å². The Bertz CT molecular complexity index is 697. The second kappa shape index (κ2) is 5.25. The van der Waals surface area contributed by atoms with Crippen molar-refractivity contribution in [3.8, 4) is 0 Å². The molecule has 1 aliphatic rings. The summed E-state index contributed by atoms with van der Waals surface area (Å²) in [6.07, 6.45) is 3.84. The molecule has 4 nitrogen and oxygen atoms in total. The van der Waals surface area contributed by atoms with Crippen LogP contribution in [0, 0.1) is 5.82 Å². The van der Waals surface area contributed by atoms with Crippen LogP contribution in [0.4, 0.5) is 10.1 Å². The van der Waals surface area contributed by atoms with Crippen LogP contribution < -0.4 is 10.9 Å². The van der Waals surface area contributed by atoms with Gasteiger partial charge in [0, 0.05) is 22.7 Å². The molecule has 1 aliphatic carbocycles. The highest BCUT2D eigenvalue weighted by Gasteiger charge is 2.21. The predicted molar refractivity (Wildman–Crippen MR) is 75.7 cm³/mol. The molecule has 0 unspecified atom stereocenters. The Morgan fingerprint density at radius 2 is 2.20 bits per heavy atom. The van der Waals surface area contributed by atoms with E-state index in [2.05, 4.69) is 10.4 Å². The third-order valence-electron chi connectivity index (χ3n) is 3.15. The van der Waals surface area contributed by atoms with E-state index in [0.717, 1.165) is 12.8 Å². The summed E-state index contributed by atoms with van der Waals surface area (Å²) < 4.78 is 14.9. The molecule has 1 heterocycles. The normalized spacial score (nSPS) is 14.3. The van der Waals surface area contributed by atoms with Crippen molar-refractivity contribution < 1.29 is 4.39 Å². The highest BCUT2D eigenvalue weighted by atomic mass is 35.5. The molecule has 0 saturated heterocycles. The summed E-state index contributed by atoms with van der Waals surface area (Å²) >= 11 is 5.69. The average molecular weight is 294 g/mol. The molecule has 1 saturated carbocycles. The third kappa shape index (κ3) is 2.99. The number of aromatic nitrogens is 2. The summed E-state index contributed by atoms with van der Waals surface area (Å²) in [7, 11) is 0. The summed E-state index contributed by atoms with van der Waals surface area (Å²) in [4.78, 5) is 11.9. The Hall–Kier alpha value is -1.88. The van der Waals surface area contributed by atoms with Gasteiger partial charge in [-0.15, -0.1) is 0 Å². The molecule has 0 aliphatic heterocycles. The van der Waals surface area contributed by atoms with Crippen molar-refractivity contribution in [1.29, 1.82) is 0 Å². The molecule has 2 aromatic rings. The maximum absolute atomic E-state index is 13.7. The highest BCUT2D eigenvalue weighted by molar-refractivity contribution is 6.30. The highest BCUT2D eigenvalue weighted by Crippen LogP contribution is 2.23. The topological polar surface area (TPSA) is 46.9 Å². The molecule has 0 atom stereocenters. The minimum atomic E-state index is -0.439. The first-order chi connectivity index (χ1) is 9.61. The van der Waals surface area contributed by atoms with Crippen LogP contribution in [0.3, 0.4) is 0 Å². The van der Waals surface area contributed by atoms with Crippen LogP contribution >= 0.6 is 11.6 Å². The zero-order valence-corrected chi connectivity index (χ0v) is 11.4. The van der Waals surface area contributed by atoms with Crippen molar-refractivity contribution in [2.45, 2.75) is 25.4 Å². The lowest BCUT2D eigenvalue weighted by Gasteiger charge is -2.08. The van der Waals surface area contributed by atoms with E-state index in [1.165, 1.54) is 16.8 Å². The van der Waals surface area contributed by atoms with Gasteiger partial charge in [0.1, 0.15) is 5.82 Å². The molecule has 1 fully saturated rings. The molecule has 0 radical (unpaired) electrons. The van der Waals surface area contributed by atoms with E-state index in [0.29, 0.717) is 22.3 Å². The van der Waals surface area contributed by atoms with Crippen molar-refractivity contribution in [3.05, 3.63) is 57.2 Å². The molecule has 1 aromatic heterocycles. The Kier molecular flexibility index (Phi) is 3.44. The fourth-order valence-electron chi connectivity index (χ4n) is 1.91. The Balaban J connectivity index is 1.81. The van der Waals surface area contributed by atoms with Crippen LogP contribution in [0.5, 0.6) is 0 Å². The zero-order chi connectivity index (χ0) is 14.1. The van der Waals surface area contributed by atoms with Crippen molar-refractivity contribution in [3.63, 3.8) is 0 Å². The second-order valence-electron chi connectivity index (χ2n) is 4.89. The van der Waals surface area contributed by atoms with Gasteiger partial charge in [-0.3, -0.25) is 4.79 Å². The molecular weight excluding hydrogens is 281 g/mol. The summed E-state index contributed by atoms with van der Waals surface area (Å²) in [5.41, 5.74) is 0.835. The van der Waals surface area contributed by atoms with E-state index in [1.807, 2.05) is 0 Å². The van der Waals surface area contributed by atoms with Gasteiger partial charge in [-0.1, -0.05) is 17.7 Å². The first-order valence-electron chi connectivity index (χ1n) is 6.39. The van der Waals surface area contributed by atoms with E-state index < -0.39 is 5.82 Å². The maximum atomic E-state index is 13.7. The van der Waals surface area contributed by atoms with Gasteiger partial charge in [0.05, 0.1) is 18.4 Å². The van der Waals surface area contributed by atoms with Crippen LogP contribution in [-0.2, 0) is 6.54 Å². The zero-order valence-electron chi connectivity index (χ0n) is 10.6. The second-order valence-corrected chi connectivity index (χ2v) is 5.33. The summed E-state index contributed by atoms with van der Waals surface area (Å²) in [5, 5.41) is 7.59. The molecule has 1 aromatic carbocycles. The first kappa shape index (κ1) is 13.1. The summed E-state index contributed by atoms with van der Waals surface area (Å²) in [6, 6.07) is 6.32. The van der Waals surface area contributed by atoms with E-state index in [4.69, 9.17) is 11.6 Å². The van der Waals surface area contributed by atoms with Gasteiger partial charge in [0.15, 0.2) is 0 Å². The Morgan fingerprint density at radius 1 is 1.40 bits per heavy atom. The van der Waals surface area contributed by atoms with Crippen molar-refractivity contribution in [1.82, 2.24) is 9.78 Å². The number of hydrogen-bond acceptors (Lipinski definition) is 3. The van der Waals surface area contributed by atoms with Crippen LogP contribution in [0.25, 0.3) is 0 Å². The van der Waals surface area contributed by atoms with Crippen LogP contribution in [0.1, 0.15) is 18.4 Å². The minimum Gasteiger partial charge on any atom is -0.381 e. The summed E-state index contributed by atoms with van der Waals surface area (Å²) in [6.45, 7) is 0.0888. The lowest BCUT2D eigenvalue weighted by molar-refractivity contribution is 0.572. The van der Waals surface area contributed by atoms with E-state index >= 15 is 0 Å². The Morgan fingerprint density at radius 3 is 2.85 bits per heavy atom. The van der Waals surface area contributed by atoms with E-state index in [9.17, 15) is 9.18 Å². The molecule has 3 rings (SSSR count). The quantitative estimate of drug-likeness (QED) is 0.943. The van der Waals surface area contributed by atoms with Gasteiger partial charge >= 0.3 is 0 Å². The SMILES string of the molecule is O=c1cc(NC2CC2)cnn1Cc1ccc(Cl)cc1F. The smallest absolute Gasteiger partial charge is 0.269 e. The lowest BCUT2D eigenvalue weighted by Crippen LogP contribution is -2.23. The summed E-state index contributed by atoms with van der Waals surface area (Å²) in [5.74, 6) is -0.439. The number of anilines is 1. The first-order valence-corrected chi connectivity index (χ1v) is 6.77. The molecular formula is C14H13ClFN3O. The molecule has 0 spiro atoms. The molecule has 6 heteroatoms. The lowest BCUT2D eigenvalue weighted by atomic mass is 10.2. The van der Waals surface area contributed by atoms with Crippen LogP contribution in [-0.4, -0.2) is 15.8 Å². The molecule has 1 N–H and O–H groups in total. The van der Waals surface area contributed by atoms with Gasteiger partial charge in [-0.05, 0) is 25.0 Å². The predicted octanol–water partition coefficient (Wildman–Crippen LogP) is 2.66. The minimum absolute atomic E-state index is 0.0888. The number of nitrogens with zero attached hydrogens (tertiary/aromatic N) is 2. The maximum Gasteiger partial charge on any atom is 0.269 e. The number of halogens is 2. The number of rotatable bonds is 4. The van der Waals surface area contributed by atoms with Gasteiger partial charge in [-0.2, -0.15) is 5.10 Å². The molecule has 104 valence electrons. The van der Waals surface area contributed by atoms with Crippen LogP contribution in [0.15, 0.2) is 35.3 Å². The van der Waals surface area contributed by atoms with Gasteiger partial charge in [-0.25, -0.2) is 9.07 Å². The van der Waals surface area contributed by atoms with Crippen LogP contribution in [0.2, 0.25) is 5.02 Å². The van der Waals surface area contributed by atoms with Gasteiger partial charge in [0.2, 0.25) is 0 Å². The van der Waals surface area contributed by atoms with Gasteiger partial charge in [0.25, 0.3) is 5.56 Å².